The van der Waals surface area contributed by atoms with E-state index in [9.17, 15) is 24.3 Å². The van der Waals surface area contributed by atoms with Gasteiger partial charge in [0.2, 0.25) is 11.8 Å². The average Bonchev–Trinajstić information content (AvgIpc) is 3.11. The van der Waals surface area contributed by atoms with Crippen molar-refractivity contribution < 1.29 is 29.4 Å². The van der Waals surface area contributed by atoms with E-state index in [2.05, 4.69) is 4.98 Å². The number of aromatic carboxylic acids is 1. The van der Waals surface area contributed by atoms with E-state index in [1.807, 2.05) is 0 Å². The Balaban J connectivity index is 1.80. The van der Waals surface area contributed by atoms with Crippen molar-refractivity contribution in [1.29, 1.82) is 0 Å². The Kier molecular flexibility index (Phi) is 5.05. The first-order valence-electron chi connectivity index (χ1n) is 7.39. The molecule has 0 spiro atoms. The first-order valence-corrected chi connectivity index (χ1v) is 9.14. The Morgan fingerprint density at radius 1 is 1.27 bits per heavy atom. The van der Waals surface area contributed by atoms with E-state index < -0.39 is 29.0 Å². The molecule has 1 aliphatic heterocycles. The Morgan fingerprint density at radius 3 is 2.69 bits per heavy atom. The fourth-order valence-electron chi connectivity index (χ4n) is 2.43. The van der Waals surface area contributed by atoms with Gasteiger partial charge in [0.1, 0.15) is 0 Å². The van der Waals surface area contributed by atoms with E-state index >= 15 is 0 Å². The quantitative estimate of drug-likeness (QED) is 0.714. The molecular formula is C16H12N2O6S2. The summed E-state index contributed by atoms with van der Waals surface area (Å²) >= 11 is 2.04. The first-order chi connectivity index (χ1) is 12.4. The summed E-state index contributed by atoms with van der Waals surface area (Å²) in [7, 11) is 0. The third kappa shape index (κ3) is 3.60. The van der Waals surface area contributed by atoms with E-state index in [4.69, 9.17) is 5.11 Å². The zero-order valence-corrected chi connectivity index (χ0v) is 14.7. The van der Waals surface area contributed by atoms with Crippen LogP contribution in [0.3, 0.4) is 0 Å². The highest BCUT2D eigenvalue weighted by Gasteiger charge is 2.42. The summed E-state index contributed by atoms with van der Waals surface area (Å²) in [6.45, 7) is 0. The van der Waals surface area contributed by atoms with Gasteiger partial charge in [0.15, 0.2) is 5.13 Å². The van der Waals surface area contributed by atoms with Crippen LogP contribution in [0.25, 0.3) is 0 Å². The second kappa shape index (κ2) is 7.26. The minimum Gasteiger partial charge on any atom is -0.481 e. The van der Waals surface area contributed by atoms with Crippen molar-refractivity contribution in [2.75, 3.05) is 4.90 Å². The summed E-state index contributed by atoms with van der Waals surface area (Å²) in [4.78, 5) is 52.3. The standard InChI is InChI=1S/C16H12N2O6S2/c19-12-6-11(26-10-4-2-1-3-9(10)15(23)24)14(22)18(12)16-17-8(7-25-16)5-13(20)21/h1-4,7,11H,5-6H2,(H,20,21)(H,23,24). The minimum absolute atomic E-state index is 0.0641. The fourth-order valence-corrected chi connectivity index (χ4v) is 4.45. The lowest BCUT2D eigenvalue weighted by atomic mass is 10.2. The van der Waals surface area contributed by atoms with Crippen LogP contribution in [-0.4, -0.2) is 44.2 Å². The van der Waals surface area contributed by atoms with Crippen molar-refractivity contribution in [1.82, 2.24) is 4.98 Å². The number of hydrogen-bond acceptors (Lipinski definition) is 7. The van der Waals surface area contributed by atoms with E-state index in [1.165, 1.54) is 11.4 Å². The molecule has 1 aromatic carbocycles. The van der Waals surface area contributed by atoms with Crippen LogP contribution in [0.4, 0.5) is 5.13 Å². The predicted molar refractivity (Wildman–Crippen MR) is 93.6 cm³/mol. The second-order valence-electron chi connectivity index (χ2n) is 5.37. The van der Waals surface area contributed by atoms with Crippen LogP contribution in [0.2, 0.25) is 0 Å². The molecule has 1 unspecified atom stereocenters. The predicted octanol–water partition coefficient (Wildman–Crippen LogP) is 1.89. The molecule has 3 rings (SSSR count). The lowest BCUT2D eigenvalue weighted by Gasteiger charge is -2.12. The molecule has 1 fully saturated rings. The SMILES string of the molecule is O=C(O)Cc1csc(N2C(=O)CC(Sc3ccccc3C(=O)O)C2=O)n1. The number of carboxylic acids is 2. The Bertz CT molecular complexity index is 910. The fraction of sp³-hybridized carbons (Fsp3) is 0.188. The molecule has 0 saturated carbocycles. The van der Waals surface area contributed by atoms with Gasteiger partial charge < -0.3 is 10.2 Å². The summed E-state index contributed by atoms with van der Waals surface area (Å²) in [5.74, 6) is -3.10. The molecule has 1 saturated heterocycles. The monoisotopic (exact) mass is 392 g/mol. The Labute approximate surface area is 155 Å². The number of carbonyl (C=O) groups excluding carboxylic acids is 2. The number of nitrogens with zero attached hydrogens (tertiary/aromatic N) is 2. The molecular weight excluding hydrogens is 380 g/mol. The number of anilines is 1. The van der Waals surface area contributed by atoms with E-state index in [0.29, 0.717) is 4.90 Å². The highest BCUT2D eigenvalue weighted by Crippen LogP contribution is 2.36. The number of thioether (sulfide) groups is 1. The van der Waals surface area contributed by atoms with Gasteiger partial charge in [-0.3, -0.25) is 14.4 Å². The number of carboxylic acid groups (broad SMARTS) is 2. The van der Waals surface area contributed by atoms with Crippen LogP contribution in [0.1, 0.15) is 22.5 Å². The minimum atomic E-state index is -1.11. The summed E-state index contributed by atoms with van der Waals surface area (Å²) in [5, 5.41) is 18.9. The maximum absolute atomic E-state index is 12.6. The lowest BCUT2D eigenvalue weighted by Crippen LogP contribution is -2.31. The van der Waals surface area contributed by atoms with Crippen molar-refractivity contribution in [3.63, 3.8) is 0 Å². The van der Waals surface area contributed by atoms with Crippen LogP contribution in [0.15, 0.2) is 34.5 Å². The maximum Gasteiger partial charge on any atom is 0.336 e. The zero-order valence-electron chi connectivity index (χ0n) is 13.1. The number of rotatable bonds is 6. The van der Waals surface area contributed by atoms with Gasteiger partial charge in [0, 0.05) is 16.7 Å². The van der Waals surface area contributed by atoms with Gasteiger partial charge in [-0.15, -0.1) is 23.1 Å². The molecule has 1 aliphatic rings. The van der Waals surface area contributed by atoms with Crippen molar-refractivity contribution in [2.24, 2.45) is 0 Å². The molecule has 0 bridgehead atoms. The van der Waals surface area contributed by atoms with Crippen molar-refractivity contribution in [2.45, 2.75) is 23.0 Å². The van der Waals surface area contributed by atoms with Gasteiger partial charge in [0.05, 0.1) is 22.9 Å². The molecule has 2 N–H and O–H groups in total. The number of thiazole rings is 1. The third-order valence-corrected chi connectivity index (χ3v) is 5.69. The van der Waals surface area contributed by atoms with Crippen LogP contribution >= 0.6 is 23.1 Å². The first kappa shape index (κ1) is 18.1. The number of aromatic nitrogens is 1. The second-order valence-corrected chi connectivity index (χ2v) is 7.45. The molecule has 10 heteroatoms. The number of carbonyl (C=O) groups is 4. The molecule has 2 aromatic rings. The summed E-state index contributed by atoms with van der Waals surface area (Å²) in [5.41, 5.74) is 0.333. The molecule has 0 aliphatic carbocycles. The topological polar surface area (TPSA) is 125 Å². The molecule has 26 heavy (non-hydrogen) atoms. The Morgan fingerprint density at radius 2 is 2.00 bits per heavy atom. The summed E-state index contributed by atoms with van der Waals surface area (Å²) in [6.07, 6.45) is -0.373. The lowest BCUT2D eigenvalue weighted by molar-refractivity contribution is -0.136. The van der Waals surface area contributed by atoms with Crippen LogP contribution in [0.5, 0.6) is 0 Å². The molecule has 2 amide bonds. The van der Waals surface area contributed by atoms with E-state index in [-0.39, 0.29) is 29.2 Å². The van der Waals surface area contributed by atoms with Crippen LogP contribution in [0, 0.1) is 0 Å². The largest absolute Gasteiger partial charge is 0.481 e. The van der Waals surface area contributed by atoms with Gasteiger partial charge >= 0.3 is 11.9 Å². The van der Waals surface area contributed by atoms with E-state index in [1.54, 1.807) is 18.2 Å². The molecule has 0 radical (unpaired) electrons. The highest BCUT2D eigenvalue weighted by molar-refractivity contribution is 8.00. The van der Waals surface area contributed by atoms with Crippen molar-refractivity contribution >= 4 is 52.0 Å². The molecule has 1 atom stereocenters. The van der Waals surface area contributed by atoms with Crippen molar-refractivity contribution in [3.05, 3.63) is 40.9 Å². The maximum atomic E-state index is 12.6. The highest BCUT2D eigenvalue weighted by atomic mass is 32.2. The van der Waals surface area contributed by atoms with Crippen molar-refractivity contribution in [3.8, 4) is 0 Å². The third-order valence-electron chi connectivity index (χ3n) is 3.56. The average molecular weight is 392 g/mol. The number of aliphatic carboxylic acids is 1. The number of benzene rings is 1. The smallest absolute Gasteiger partial charge is 0.336 e. The van der Waals surface area contributed by atoms with E-state index in [0.717, 1.165) is 28.0 Å². The van der Waals surface area contributed by atoms with Gasteiger partial charge in [-0.2, -0.15) is 0 Å². The van der Waals surface area contributed by atoms with Gasteiger partial charge in [-0.25, -0.2) is 14.7 Å². The molecule has 2 heterocycles. The molecule has 134 valence electrons. The van der Waals surface area contributed by atoms with Crippen LogP contribution in [-0.2, 0) is 20.8 Å². The normalized spacial score (nSPS) is 16.9. The Hall–Kier alpha value is -2.72. The number of amides is 2. The van der Waals surface area contributed by atoms with Gasteiger partial charge in [-0.1, -0.05) is 12.1 Å². The van der Waals surface area contributed by atoms with Crippen LogP contribution < -0.4 is 4.90 Å². The van der Waals surface area contributed by atoms with Gasteiger partial charge in [0.25, 0.3) is 0 Å². The van der Waals surface area contributed by atoms with Gasteiger partial charge in [-0.05, 0) is 12.1 Å². The molecule has 8 nitrogen and oxygen atoms in total. The summed E-state index contributed by atoms with van der Waals surface area (Å²) in [6, 6.07) is 6.26. The molecule has 1 aromatic heterocycles. The number of imide groups is 1. The zero-order chi connectivity index (χ0) is 18.8. The summed E-state index contributed by atoms with van der Waals surface area (Å²) < 4.78 is 0. The number of hydrogen-bond donors (Lipinski definition) is 2.